The fourth-order valence-electron chi connectivity index (χ4n) is 1.87. The zero-order valence-electron chi connectivity index (χ0n) is 9.76. The van der Waals surface area contributed by atoms with Gasteiger partial charge in [0.25, 0.3) is 0 Å². The first-order chi connectivity index (χ1) is 8.72. The second-order valence-electron chi connectivity index (χ2n) is 3.92. The number of amides is 2. The van der Waals surface area contributed by atoms with Crippen molar-refractivity contribution in [1.29, 1.82) is 5.26 Å². The molecule has 1 aromatic carbocycles. The van der Waals surface area contributed by atoms with Crippen molar-refractivity contribution < 1.29 is 14.3 Å². The predicted molar refractivity (Wildman–Crippen MR) is 63.9 cm³/mol. The van der Waals surface area contributed by atoms with E-state index < -0.39 is 0 Å². The zero-order chi connectivity index (χ0) is 13.0. The van der Waals surface area contributed by atoms with E-state index in [1.54, 1.807) is 24.3 Å². The van der Waals surface area contributed by atoms with Crippen LogP contribution in [0.5, 0.6) is 5.75 Å². The third-order valence-corrected chi connectivity index (χ3v) is 2.66. The summed E-state index contributed by atoms with van der Waals surface area (Å²) in [7, 11) is 0. The molecule has 5 heteroatoms. The summed E-state index contributed by atoms with van der Waals surface area (Å²) >= 11 is 0. The van der Waals surface area contributed by atoms with Crippen molar-refractivity contribution in [3.05, 3.63) is 24.3 Å². The van der Waals surface area contributed by atoms with Gasteiger partial charge in [0.2, 0.25) is 11.8 Å². The molecule has 1 aliphatic heterocycles. The summed E-state index contributed by atoms with van der Waals surface area (Å²) < 4.78 is 5.15. The molecule has 0 saturated carbocycles. The molecule has 1 saturated heterocycles. The van der Waals surface area contributed by atoms with Gasteiger partial charge in [0.15, 0.2) is 6.61 Å². The van der Waals surface area contributed by atoms with E-state index >= 15 is 0 Å². The van der Waals surface area contributed by atoms with Crippen LogP contribution in [0.15, 0.2) is 24.3 Å². The molecule has 1 aliphatic rings. The monoisotopic (exact) mass is 244 g/mol. The summed E-state index contributed by atoms with van der Waals surface area (Å²) in [5.74, 6) is 0.0904. The van der Waals surface area contributed by atoms with Crippen LogP contribution < -0.4 is 9.64 Å². The topological polar surface area (TPSA) is 70.4 Å². The van der Waals surface area contributed by atoms with Crippen LogP contribution >= 0.6 is 0 Å². The maximum absolute atomic E-state index is 11.7. The lowest BCUT2D eigenvalue weighted by molar-refractivity contribution is -0.129. The second-order valence-corrected chi connectivity index (χ2v) is 3.92. The molecule has 0 atom stereocenters. The van der Waals surface area contributed by atoms with E-state index in [2.05, 4.69) is 0 Å². The van der Waals surface area contributed by atoms with E-state index in [9.17, 15) is 9.59 Å². The van der Waals surface area contributed by atoms with Gasteiger partial charge in [0.05, 0.1) is 5.69 Å². The number of benzene rings is 1. The second kappa shape index (κ2) is 5.32. The van der Waals surface area contributed by atoms with Gasteiger partial charge < -0.3 is 4.74 Å². The molecule has 1 heterocycles. The molecular formula is C13H12N2O3. The maximum atomic E-state index is 11.7. The van der Waals surface area contributed by atoms with E-state index in [1.807, 2.05) is 6.07 Å². The third-order valence-electron chi connectivity index (χ3n) is 2.66. The quantitative estimate of drug-likeness (QED) is 0.758. The summed E-state index contributed by atoms with van der Waals surface area (Å²) in [6.45, 7) is -0.0641. The molecule has 0 aromatic heterocycles. The first kappa shape index (κ1) is 12.1. The summed E-state index contributed by atoms with van der Waals surface area (Å²) in [6, 6.07) is 8.51. The maximum Gasteiger partial charge on any atom is 0.233 e. The molecule has 1 fully saturated rings. The molecular weight excluding hydrogens is 232 g/mol. The fraction of sp³-hybridized carbons (Fsp3) is 0.308. The predicted octanol–water partition coefficient (Wildman–Crippen LogP) is 1.63. The molecule has 2 amide bonds. The van der Waals surface area contributed by atoms with Crippen LogP contribution in [0.2, 0.25) is 0 Å². The zero-order valence-corrected chi connectivity index (χ0v) is 9.76. The summed E-state index contributed by atoms with van der Waals surface area (Å²) in [4.78, 5) is 24.7. The molecule has 2 rings (SSSR count). The van der Waals surface area contributed by atoms with Crippen LogP contribution in [0.25, 0.3) is 0 Å². The Morgan fingerprint density at radius 3 is 2.67 bits per heavy atom. The number of piperidine rings is 1. The first-order valence-corrected chi connectivity index (χ1v) is 5.68. The Kier molecular flexibility index (Phi) is 3.58. The fourth-order valence-corrected chi connectivity index (χ4v) is 1.87. The number of imide groups is 1. The van der Waals surface area contributed by atoms with E-state index in [-0.39, 0.29) is 18.4 Å². The minimum absolute atomic E-state index is 0.0641. The van der Waals surface area contributed by atoms with Gasteiger partial charge in [-0.25, -0.2) is 0 Å². The molecule has 0 bridgehead atoms. The van der Waals surface area contributed by atoms with Gasteiger partial charge in [-0.3, -0.25) is 14.5 Å². The van der Waals surface area contributed by atoms with Crippen LogP contribution in [0, 0.1) is 11.3 Å². The number of hydrogen-bond donors (Lipinski definition) is 0. The van der Waals surface area contributed by atoms with E-state index in [0.29, 0.717) is 30.7 Å². The van der Waals surface area contributed by atoms with Crippen molar-refractivity contribution in [3.8, 4) is 11.8 Å². The minimum atomic E-state index is -0.191. The smallest absolute Gasteiger partial charge is 0.233 e. The number of carbonyl (C=O) groups is 2. The lowest BCUT2D eigenvalue weighted by atomic mass is 10.1. The van der Waals surface area contributed by atoms with Crippen molar-refractivity contribution in [1.82, 2.24) is 0 Å². The minimum Gasteiger partial charge on any atom is -0.479 e. The highest BCUT2D eigenvalue weighted by Gasteiger charge is 2.27. The molecule has 0 N–H and O–H groups in total. The van der Waals surface area contributed by atoms with E-state index in [4.69, 9.17) is 10.00 Å². The van der Waals surface area contributed by atoms with Crippen molar-refractivity contribution in [2.75, 3.05) is 11.5 Å². The molecule has 0 unspecified atom stereocenters. The van der Waals surface area contributed by atoms with Gasteiger partial charge in [-0.15, -0.1) is 0 Å². The lowest BCUT2D eigenvalue weighted by Crippen LogP contribution is -2.40. The highest BCUT2D eigenvalue weighted by Crippen LogP contribution is 2.25. The van der Waals surface area contributed by atoms with E-state index in [1.165, 1.54) is 4.90 Å². The SMILES string of the molecule is N#CCOc1cccc(N2C(=O)CCCC2=O)c1. The van der Waals surface area contributed by atoms with Crippen molar-refractivity contribution in [2.24, 2.45) is 0 Å². The van der Waals surface area contributed by atoms with Crippen LogP contribution in [-0.2, 0) is 9.59 Å². The summed E-state index contributed by atoms with van der Waals surface area (Å²) in [6.07, 6.45) is 1.38. The molecule has 0 aliphatic carbocycles. The van der Waals surface area contributed by atoms with Crippen LogP contribution in [0.1, 0.15) is 19.3 Å². The largest absolute Gasteiger partial charge is 0.479 e. The molecule has 92 valence electrons. The number of carbonyl (C=O) groups excluding carboxylic acids is 2. The van der Waals surface area contributed by atoms with Gasteiger partial charge in [-0.05, 0) is 18.6 Å². The number of rotatable bonds is 3. The van der Waals surface area contributed by atoms with Crippen LogP contribution in [0.4, 0.5) is 5.69 Å². The highest BCUT2D eigenvalue weighted by molar-refractivity contribution is 6.16. The lowest BCUT2D eigenvalue weighted by Gasteiger charge is -2.25. The number of hydrogen-bond acceptors (Lipinski definition) is 4. The number of ether oxygens (including phenoxy) is 1. The average molecular weight is 244 g/mol. The molecule has 18 heavy (non-hydrogen) atoms. The Labute approximate surface area is 105 Å². The van der Waals surface area contributed by atoms with Crippen LogP contribution in [0.3, 0.4) is 0 Å². The highest BCUT2D eigenvalue weighted by atomic mass is 16.5. The Morgan fingerprint density at radius 2 is 2.00 bits per heavy atom. The van der Waals surface area contributed by atoms with Crippen molar-refractivity contribution >= 4 is 17.5 Å². The number of nitrogens with zero attached hydrogens (tertiary/aromatic N) is 2. The van der Waals surface area contributed by atoms with Gasteiger partial charge in [0, 0.05) is 18.9 Å². The Hall–Kier alpha value is -2.35. The van der Waals surface area contributed by atoms with Gasteiger partial charge in [-0.2, -0.15) is 5.26 Å². The summed E-state index contributed by atoms with van der Waals surface area (Å²) in [5.41, 5.74) is 0.500. The number of anilines is 1. The van der Waals surface area contributed by atoms with Crippen molar-refractivity contribution in [3.63, 3.8) is 0 Å². The molecule has 1 aromatic rings. The van der Waals surface area contributed by atoms with Crippen LogP contribution in [-0.4, -0.2) is 18.4 Å². The molecule has 5 nitrogen and oxygen atoms in total. The third kappa shape index (κ3) is 2.48. The Bertz CT molecular complexity index is 503. The normalized spacial score (nSPS) is 15.4. The van der Waals surface area contributed by atoms with Crippen molar-refractivity contribution in [2.45, 2.75) is 19.3 Å². The average Bonchev–Trinajstić information content (AvgIpc) is 2.37. The van der Waals surface area contributed by atoms with Gasteiger partial charge >= 0.3 is 0 Å². The number of nitriles is 1. The summed E-state index contributed by atoms with van der Waals surface area (Å²) in [5, 5.41) is 8.44. The van der Waals surface area contributed by atoms with E-state index in [0.717, 1.165) is 0 Å². The molecule has 0 spiro atoms. The van der Waals surface area contributed by atoms with Gasteiger partial charge in [0.1, 0.15) is 11.8 Å². The van der Waals surface area contributed by atoms with Gasteiger partial charge in [-0.1, -0.05) is 6.07 Å². The Balaban J connectivity index is 2.24. The standard InChI is InChI=1S/C13H12N2O3/c14-7-8-18-11-4-1-3-10(9-11)15-12(16)5-2-6-13(15)17/h1,3-4,9H,2,5-6,8H2. The molecule has 0 radical (unpaired) electrons. The first-order valence-electron chi connectivity index (χ1n) is 5.68. The Morgan fingerprint density at radius 1 is 1.28 bits per heavy atom.